The van der Waals surface area contributed by atoms with Crippen LogP contribution in [0.1, 0.15) is 22.4 Å². The van der Waals surface area contributed by atoms with E-state index in [-0.39, 0.29) is 12.1 Å². The number of hydrogen-bond donors (Lipinski definition) is 1. The topological polar surface area (TPSA) is 48.5 Å². The first-order valence-electron chi connectivity index (χ1n) is 7.79. The average Bonchev–Trinajstić information content (AvgIpc) is 2.90. The first kappa shape index (κ1) is 15.8. The number of amides is 2. The Morgan fingerprint density at radius 2 is 2.22 bits per heavy atom. The molecule has 0 fully saturated rings. The summed E-state index contributed by atoms with van der Waals surface area (Å²) >= 11 is 1.62. The van der Waals surface area contributed by atoms with Gasteiger partial charge in [-0.2, -0.15) is 0 Å². The van der Waals surface area contributed by atoms with Gasteiger partial charge in [0.25, 0.3) is 0 Å². The van der Waals surface area contributed by atoms with Crippen molar-refractivity contribution in [2.75, 3.05) is 18.5 Å². The molecule has 1 aromatic carbocycles. The number of nitrogens with one attached hydrogen (secondary N) is 1. The van der Waals surface area contributed by atoms with Gasteiger partial charge in [-0.05, 0) is 25.5 Å². The number of thiazole rings is 1. The van der Waals surface area contributed by atoms with E-state index in [2.05, 4.69) is 41.3 Å². The molecule has 122 valence electrons. The van der Waals surface area contributed by atoms with Crippen molar-refractivity contribution in [2.24, 2.45) is 0 Å². The predicted octanol–water partition coefficient (Wildman–Crippen LogP) is 3.00. The maximum Gasteiger partial charge on any atom is 0.318 e. The van der Waals surface area contributed by atoms with Gasteiger partial charge in [0.05, 0.1) is 11.6 Å². The van der Waals surface area contributed by atoms with E-state index in [1.807, 2.05) is 30.2 Å². The highest BCUT2D eigenvalue weighted by atomic mass is 32.1. The quantitative estimate of drug-likeness (QED) is 0.921. The van der Waals surface area contributed by atoms with Crippen LogP contribution in [-0.4, -0.2) is 35.5 Å². The number of aromatic nitrogens is 1. The minimum atomic E-state index is -0.0198. The van der Waals surface area contributed by atoms with E-state index >= 15 is 0 Å². The molecule has 2 amide bonds. The molecule has 6 heteroatoms. The Labute approximate surface area is 140 Å². The van der Waals surface area contributed by atoms with E-state index in [9.17, 15) is 4.79 Å². The highest BCUT2D eigenvalue weighted by Crippen LogP contribution is 2.26. The minimum Gasteiger partial charge on any atom is -0.372 e. The zero-order valence-corrected chi connectivity index (χ0v) is 14.6. The van der Waals surface area contributed by atoms with Crippen molar-refractivity contribution in [1.29, 1.82) is 0 Å². The Bertz CT molecular complexity index is 699. The second kappa shape index (κ2) is 6.58. The van der Waals surface area contributed by atoms with Crippen LogP contribution in [-0.2, 0) is 13.1 Å². The summed E-state index contributed by atoms with van der Waals surface area (Å²) in [4.78, 5) is 22.1. The van der Waals surface area contributed by atoms with Crippen LogP contribution in [0.4, 0.5) is 10.5 Å². The fourth-order valence-electron chi connectivity index (χ4n) is 2.97. The third-order valence-corrected chi connectivity index (χ3v) is 5.07. The second-order valence-corrected chi connectivity index (χ2v) is 7.31. The molecule has 0 aliphatic carbocycles. The number of carbonyl (C=O) groups excluding carboxylic acids is 1. The first-order chi connectivity index (χ1) is 11.0. The molecule has 0 saturated carbocycles. The fourth-order valence-corrected chi connectivity index (χ4v) is 3.71. The van der Waals surface area contributed by atoms with Gasteiger partial charge in [-0.25, -0.2) is 9.78 Å². The van der Waals surface area contributed by atoms with Crippen LogP contribution < -0.4 is 10.2 Å². The number of fused-ring (bicyclic) bond motifs is 1. The molecule has 5 nitrogen and oxygen atoms in total. The third-order valence-electron chi connectivity index (χ3n) is 4.16. The maximum atomic E-state index is 12.6. The lowest BCUT2D eigenvalue weighted by Gasteiger charge is -2.28. The van der Waals surface area contributed by atoms with Crippen molar-refractivity contribution in [2.45, 2.75) is 33.0 Å². The van der Waals surface area contributed by atoms with Gasteiger partial charge in [-0.15, -0.1) is 11.3 Å². The molecule has 0 bridgehead atoms. The largest absolute Gasteiger partial charge is 0.372 e. The molecule has 1 atom stereocenters. The second-order valence-electron chi connectivity index (χ2n) is 5.99. The number of likely N-dealkylation sites (N-methyl/N-ethyl adjacent to an activating group) is 1. The molecular weight excluding hydrogens is 308 g/mol. The molecule has 2 heterocycles. The number of benzene rings is 1. The van der Waals surface area contributed by atoms with Gasteiger partial charge in [0.15, 0.2) is 0 Å². The van der Waals surface area contributed by atoms with Crippen LogP contribution >= 0.6 is 11.3 Å². The summed E-state index contributed by atoms with van der Waals surface area (Å²) in [5.74, 6) is 0. The van der Waals surface area contributed by atoms with Crippen LogP contribution in [0.15, 0.2) is 30.5 Å². The highest BCUT2D eigenvalue weighted by Gasteiger charge is 2.26. The number of rotatable bonds is 2. The van der Waals surface area contributed by atoms with E-state index in [4.69, 9.17) is 0 Å². The van der Waals surface area contributed by atoms with Crippen molar-refractivity contribution < 1.29 is 4.79 Å². The maximum absolute atomic E-state index is 12.6. The molecule has 1 aliphatic rings. The Balaban J connectivity index is 1.72. The van der Waals surface area contributed by atoms with E-state index in [1.54, 1.807) is 11.3 Å². The van der Waals surface area contributed by atoms with Gasteiger partial charge in [0, 0.05) is 42.9 Å². The number of hydrogen-bond acceptors (Lipinski definition) is 4. The Hall–Kier alpha value is -2.08. The standard InChI is InChI=1S/C17H22N4OS/c1-12-10-20(3)16-7-5-4-6-14(16)11-21(12)17(22)19-9-15-8-18-13(2)23-15/h4-8,12H,9-11H2,1-3H3,(H,19,22). The Morgan fingerprint density at radius 3 is 2.96 bits per heavy atom. The predicted molar refractivity (Wildman–Crippen MR) is 93.8 cm³/mol. The lowest BCUT2D eigenvalue weighted by atomic mass is 10.1. The number of nitrogens with zero attached hydrogens (tertiary/aromatic N) is 3. The molecule has 1 unspecified atom stereocenters. The van der Waals surface area contributed by atoms with Crippen molar-refractivity contribution in [3.63, 3.8) is 0 Å². The van der Waals surface area contributed by atoms with Gasteiger partial charge in [-0.3, -0.25) is 0 Å². The third kappa shape index (κ3) is 3.47. The SMILES string of the molecule is Cc1ncc(CNC(=O)N2Cc3ccccc3N(C)CC2C)s1. The van der Waals surface area contributed by atoms with E-state index in [0.717, 1.165) is 16.4 Å². The fraction of sp³-hybridized carbons (Fsp3) is 0.412. The van der Waals surface area contributed by atoms with E-state index in [0.29, 0.717) is 13.1 Å². The average molecular weight is 330 g/mol. The molecule has 1 aromatic heterocycles. The monoisotopic (exact) mass is 330 g/mol. The molecule has 0 saturated heterocycles. The number of para-hydroxylation sites is 1. The Kier molecular flexibility index (Phi) is 4.52. The molecule has 1 N–H and O–H groups in total. The molecule has 23 heavy (non-hydrogen) atoms. The van der Waals surface area contributed by atoms with Crippen molar-refractivity contribution in [3.05, 3.63) is 45.9 Å². The van der Waals surface area contributed by atoms with Gasteiger partial charge >= 0.3 is 6.03 Å². The normalized spacial score (nSPS) is 17.6. The van der Waals surface area contributed by atoms with Crippen LogP contribution in [0, 0.1) is 6.92 Å². The lowest BCUT2D eigenvalue weighted by molar-refractivity contribution is 0.178. The van der Waals surface area contributed by atoms with Crippen LogP contribution in [0.25, 0.3) is 0 Å². The summed E-state index contributed by atoms with van der Waals surface area (Å²) in [6, 6.07) is 8.41. The summed E-state index contributed by atoms with van der Waals surface area (Å²) in [5, 5.41) is 4.05. The summed E-state index contributed by atoms with van der Waals surface area (Å²) < 4.78 is 0. The van der Waals surface area contributed by atoms with Crippen molar-refractivity contribution in [1.82, 2.24) is 15.2 Å². The molecule has 0 radical (unpaired) electrons. The summed E-state index contributed by atoms with van der Waals surface area (Å²) in [7, 11) is 2.08. The van der Waals surface area contributed by atoms with Crippen molar-refractivity contribution in [3.8, 4) is 0 Å². The number of carbonyl (C=O) groups is 1. The summed E-state index contributed by atoms with van der Waals surface area (Å²) in [6.45, 7) is 6.06. The van der Waals surface area contributed by atoms with Gasteiger partial charge < -0.3 is 15.1 Å². The molecule has 2 aromatic rings. The van der Waals surface area contributed by atoms with Crippen LogP contribution in [0.3, 0.4) is 0 Å². The smallest absolute Gasteiger partial charge is 0.318 e. The zero-order valence-electron chi connectivity index (χ0n) is 13.7. The van der Waals surface area contributed by atoms with Crippen LogP contribution in [0.2, 0.25) is 0 Å². The summed E-state index contributed by atoms with van der Waals surface area (Å²) in [5.41, 5.74) is 2.39. The Morgan fingerprint density at radius 1 is 1.43 bits per heavy atom. The first-order valence-corrected chi connectivity index (χ1v) is 8.61. The minimum absolute atomic E-state index is 0.0198. The van der Waals surface area contributed by atoms with Gasteiger partial charge in [-0.1, -0.05) is 18.2 Å². The van der Waals surface area contributed by atoms with Crippen LogP contribution in [0.5, 0.6) is 0 Å². The number of anilines is 1. The molecular formula is C17H22N4OS. The van der Waals surface area contributed by atoms with E-state index < -0.39 is 0 Å². The number of urea groups is 1. The van der Waals surface area contributed by atoms with Gasteiger partial charge in [0.1, 0.15) is 0 Å². The molecule has 3 rings (SSSR count). The zero-order chi connectivity index (χ0) is 16.4. The lowest BCUT2D eigenvalue weighted by Crippen LogP contribution is -2.46. The number of aryl methyl sites for hydroxylation is 1. The van der Waals surface area contributed by atoms with Crippen molar-refractivity contribution >= 4 is 23.1 Å². The van der Waals surface area contributed by atoms with Gasteiger partial charge in [0.2, 0.25) is 0 Å². The molecule has 1 aliphatic heterocycles. The molecule has 0 spiro atoms. The summed E-state index contributed by atoms with van der Waals surface area (Å²) in [6.07, 6.45) is 1.83. The highest BCUT2D eigenvalue weighted by molar-refractivity contribution is 7.11. The van der Waals surface area contributed by atoms with E-state index in [1.165, 1.54) is 11.3 Å².